The minimum absolute atomic E-state index is 0. The second kappa shape index (κ2) is 8.03. The van der Waals surface area contributed by atoms with Gasteiger partial charge in [0.2, 0.25) is 5.88 Å². The maximum atomic E-state index is 5.73. The molecule has 0 amide bonds. The third-order valence-corrected chi connectivity index (χ3v) is 3.91. The minimum Gasteiger partial charge on any atom is -0.477 e. The molecule has 1 fully saturated rings. The molecular formula is C17H27N3O. The van der Waals surface area contributed by atoms with Gasteiger partial charge in [0.05, 0.1) is 12.1 Å². The van der Waals surface area contributed by atoms with Gasteiger partial charge in [-0.1, -0.05) is 19.9 Å². The minimum atomic E-state index is 0. The van der Waals surface area contributed by atoms with Crippen molar-refractivity contribution in [2.45, 2.75) is 39.5 Å². The highest BCUT2D eigenvalue weighted by Crippen LogP contribution is 2.13. The standard InChI is InChI=1S/C16H23N3O.CH4/c1-3-9-18(10-4-1)11-6-7-13-20-16-14-15-8-2-5-12-19(15)17-16;/h2,5,8,12,14H,1,3-4,6-7,9-11,13H2;1H4. The van der Waals surface area contributed by atoms with E-state index in [1.54, 1.807) is 0 Å². The highest BCUT2D eigenvalue weighted by molar-refractivity contribution is 5.48. The lowest BCUT2D eigenvalue weighted by Gasteiger charge is -2.26. The Balaban J connectivity index is 0.00000161. The van der Waals surface area contributed by atoms with Crippen LogP contribution in [0.25, 0.3) is 5.52 Å². The van der Waals surface area contributed by atoms with E-state index in [-0.39, 0.29) is 7.43 Å². The number of ether oxygens (including phenoxy) is 1. The van der Waals surface area contributed by atoms with Crippen molar-refractivity contribution >= 4 is 5.52 Å². The number of aromatic nitrogens is 2. The number of hydrogen-bond donors (Lipinski definition) is 0. The topological polar surface area (TPSA) is 29.8 Å². The van der Waals surface area contributed by atoms with Gasteiger partial charge in [-0.25, -0.2) is 4.52 Å². The zero-order chi connectivity index (χ0) is 13.6. The molecule has 1 saturated heterocycles. The average molecular weight is 289 g/mol. The van der Waals surface area contributed by atoms with Crippen molar-refractivity contribution in [2.24, 2.45) is 0 Å². The summed E-state index contributed by atoms with van der Waals surface area (Å²) in [6.07, 6.45) is 8.42. The summed E-state index contributed by atoms with van der Waals surface area (Å²) in [5, 5.41) is 4.38. The summed E-state index contributed by atoms with van der Waals surface area (Å²) in [5.41, 5.74) is 1.08. The lowest BCUT2D eigenvalue weighted by atomic mass is 10.1. The van der Waals surface area contributed by atoms with E-state index in [2.05, 4.69) is 10.00 Å². The van der Waals surface area contributed by atoms with Crippen LogP contribution in [-0.2, 0) is 0 Å². The third kappa shape index (κ3) is 4.46. The first-order chi connectivity index (χ1) is 9.92. The van der Waals surface area contributed by atoms with Crippen LogP contribution < -0.4 is 4.74 Å². The van der Waals surface area contributed by atoms with Crippen molar-refractivity contribution in [3.8, 4) is 5.88 Å². The van der Waals surface area contributed by atoms with E-state index >= 15 is 0 Å². The molecule has 0 spiro atoms. The van der Waals surface area contributed by atoms with E-state index in [0.29, 0.717) is 0 Å². The number of pyridine rings is 1. The number of unbranched alkanes of at least 4 members (excludes halogenated alkanes) is 1. The van der Waals surface area contributed by atoms with Gasteiger partial charge in [-0.2, -0.15) is 0 Å². The highest BCUT2D eigenvalue weighted by Gasteiger charge is 2.09. The Morgan fingerprint density at radius 2 is 1.95 bits per heavy atom. The second-order valence-corrected chi connectivity index (χ2v) is 5.51. The molecule has 116 valence electrons. The van der Waals surface area contributed by atoms with Crippen LogP contribution in [0.4, 0.5) is 0 Å². The van der Waals surface area contributed by atoms with E-state index in [9.17, 15) is 0 Å². The largest absolute Gasteiger partial charge is 0.477 e. The maximum absolute atomic E-state index is 5.73. The van der Waals surface area contributed by atoms with E-state index < -0.39 is 0 Å². The molecule has 1 aliphatic rings. The van der Waals surface area contributed by atoms with Gasteiger partial charge in [0, 0.05) is 12.3 Å². The SMILES string of the molecule is C.c1ccn2nc(OCCCCN3CCCCC3)cc2c1. The van der Waals surface area contributed by atoms with E-state index in [4.69, 9.17) is 4.74 Å². The van der Waals surface area contributed by atoms with Gasteiger partial charge >= 0.3 is 0 Å². The Kier molecular flexibility index (Phi) is 6.05. The molecule has 0 bridgehead atoms. The normalized spacial score (nSPS) is 15.8. The second-order valence-electron chi connectivity index (χ2n) is 5.51. The predicted octanol–water partition coefficient (Wildman–Crippen LogP) is 3.62. The summed E-state index contributed by atoms with van der Waals surface area (Å²) in [5.74, 6) is 0.731. The van der Waals surface area contributed by atoms with Crippen molar-refractivity contribution < 1.29 is 4.74 Å². The number of piperidine rings is 1. The van der Waals surface area contributed by atoms with Crippen LogP contribution >= 0.6 is 0 Å². The van der Waals surface area contributed by atoms with Crippen LogP contribution in [-0.4, -0.2) is 40.8 Å². The fraction of sp³-hybridized carbons (Fsp3) is 0.588. The first kappa shape index (κ1) is 15.8. The molecule has 21 heavy (non-hydrogen) atoms. The number of fused-ring (bicyclic) bond motifs is 1. The van der Waals surface area contributed by atoms with E-state index in [1.165, 1.54) is 45.3 Å². The first-order valence-electron chi connectivity index (χ1n) is 7.71. The van der Waals surface area contributed by atoms with Gasteiger partial charge in [-0.05, 0) is 57.5 Å². The third-order valence-electron chi connectivity index (χ3n) is 3.91. The summed E-state index contributed by atoms with van der Waals surface area (Å²) in [6.45, 7) is 4.55. The van der Waals surface area contributed by atoms with Crippen molar-refractivity contribution in [2.75, 3.05) is 26.2 Å². The lowest BCUT2D eigenvalue weighted by molar-refractivity contribution is 0.215. The molecule has 3 heterocycles. The smallest absolute Gasteiger partial charge is 0.233 e. The number of hydrogen-bond acceptors (Lipinski definition) is 3. The molecule has 0 saturated carbocycles. The van der Waals surface area contributed by atoms with Gasteiger partial charge in [-0.15, -0.1) is 5.10 Å². The summed E-state index contributed by atoms with van der Waals surface area (Å²) in [7, 11) is 0. The number of likely N-dealkylation sites (tertiary alicyclic amines) is 1. The van der Waals surface area contributed by atoms with E-state index in [1.807, 2.05) is 35.0 Å². The van der Waals surface area contributed by atoms with Gasteiger partial charge in [0.25, 0.3) is 0 Å². The molecule has 0 atom stereocenters. The van der Waals surface area contributed by atoms with Gasteiger partial charge in [0.15, 0.2) is 0 Å². The Labute approximate surface area is 127 Å². The zero-order valence-corrected chi connectivity index (χ0v) is 12.0. The molecule has 0 N–H and O–H groups in total. The van der Waals surface area contributed by atoms with Crippen LogP contribution in [0.1, 0.15) is 39.5 Å². The molecule has 2 aromatic rings. The summed E-state index contributed by atoms with van der Waals surface area (Å²) in [4.78, 5) is 2.58. The molecule has 0 unspecified atom stereocenters. The molecule has 0 aliphatic carbocycles. The van der Waals surface area contributed by atoms with Gasteiger partial charge in [-0.3, -0.25) is 0 Å². The van der Waals surface area contributed by atoms with Crippen LogP contribution in [0, 0.1) is 0 Å². The average Bonchev–Trinajstić information content (AvgIpc) is 2.90. The van der Waals surface area contributed by atoms with Crippen molar-refractivity contribution in [3.05, 3.63) is 30.5 Å². The number of nitrogens with zero attached hydrogens (tertiary/aromatic N) is 3. The lowest BCUT2D eigenvalue weighted by Crippen LogP contribution is -2.30. The van der Waals surface area contributed by atoms with E-state index in [0.717, 1.165) is 24.4 Å². The summed E-state index contributed by atoms with van der Waals surface area (Å²) >= 11 is 0. The van der Waals surface area contributed by atoms with Crippen LogP contribution in [0.5, 0.6) is 5.88 Å². The molecule has 0 aromatic carbocycles. The van der Waals surface area contributed by atoms with Crippen LogP contribution in [0.2, 0.25) is 0 Å². The Hall–Kier alpha value is -1.55. The molecule has 1 aliphatic heterocycles. The monoisotopic (exact) mass is 289 g/mol. The Morgan fingerprint density at radius 1 is 1.10 bits per heavy atom. The Morgan fingerprint density at radius 3 is 2.76 bits per heavy atom. The number of rotatable bonds is 6. The summed E-state index contributed by atoms with van der Waals surface area (Å²) in [6, 6.07) is 8.02. The Bertz CT molecular complexity index is 499. The molecule has 3 rings (SSSR count). The maximum Gasteiger partial charge on any atom is 0.233 e. The van der Waals surface area contributed by atoms with Crippen molar-refractivity contribution in [1.82, 2.24) is 14.5 Å². The molecule has 0 radical (unpaired) electrons. The first-order valence-corrected chi connectivity index (χ1v) is 7.71. The van der Waals surface area contributed by atoms with Crippen molar-refractivity contribution in [1.29, 1.82) is 0 Å². The quantitative estimate of drug-likeness (QED) is 0.761. The highest BCUT2D eigenvalue weighted by atomic mass is 16.5. The molecule has 4 nitrogen and oxygen atoms in total. The van der Waals surface area contributed by atoms with Crippen molar-refractivity contribution in [3.63, 3.8) is 0 Å². The molecular weight excluding hydrogens is 262 g/mol. The fourth-order valence-corrected chi connectivity index (χ4v) is 2.78. The van der Waals surface area contributed by atoms with Gasteiger partial charge < -0.3 is 9.64 Å². The summed E-state index contributed by atoms with van der Waals surface area (Å²) < 4.78 is 7.58. The van der Waals surface area contributed by atoms with Crippen LogP contribution in [0.3, 0.4) is 0 Å². The fourth-order valence-electron chi connectivity index (χ4n) is 2.78. The predicted molar refractivity (Wildman–Crippen MR) is 86.9 cm³/mol. The zero-order valence-electron chi connectivity index (χ0n) is 12.0. The molecule has 4 heteroatoms. The van der Waals surface area contributed by atoms with Crippen LogP contribution in [0.15, 0.2) is 30.5 Å². The molecule has 2 aromatic heterocycles. The van der Waals surface area contributed by atoms with Gasteiger partial charge in [0.1, 0.15) is 0 Å².